The van der Waals surface area contributed by atoms with Crippen molar-refractivity contribution in [2.24, 2.45) is 5.41 Å². The summed E-state index contributed by atoms with van der Waals surface area (Å²) in [5, 5.41) is 5.77. The highest BCUT2D eigenvalue weighted by Crippen LogP contribution is 2.59. The maximum Gasteiger partial charge on any atom is 0.159 e. The van der Waals surface area contributed by atoms with E-state index < -0.39 is 0 Å². The summed E-state index contributed by atoms with van der Waals surface area (Å²) in [6, 6.07) is 0. The van der Waals surface area contributed by atoms with Gasteiger partial charge >= 0.3 is 0 Å². The second-order valence-corrected chi connectivity index (χ2v) is 6.52. The number of ketones is 1. The summed E-state index contributed by atoms with van der Waals surface area (Å²) in [5.41, 5.74) is 9.68. The molecule has 0 saturated carbocycles. The van der Waals surface area contributed by atoms with Crippen LogP contribution in [0.15, 0.2) is 34.4 Å². The average molecular weight is 261 g/mol. The Balaban J connectivity index is 1.96. The molecule has 0 spiro atoms. The topological polar surface area (TPSA) is 53.2 Å². The van der Waals surface area contributed by atoms with E-state index in [9.17, 15) is 4.79 Å². The lowest BCUT2D eigenvalue weighted by molar-refractivity contribution is -0.117. The Kier molecular flexibility index (Phi) is 1.98. The molecule has 94 valence electrons. The van der Waals surface area contributed by atoms with Crippen molar-refractivity contribution in [3.63, 3.8) is 0 Å². The van der Waals surface area contributed by atoms with Crippen molar-refractivity contribution in [3.05, 3.63) is 34.4 Å². The normalized spacial score (nSPS) is 41.2. The van der Waals surface area contributed by atoms with Gasteiger partial charge in [-0.25, -0.2) is 5.43 Å². The van der Waals surface area contributed by atoms with E-state index in [1.54, 1.807) is 11.8 Å². The first kappa shape index (κ1) is 10.8. The van der Waals surface area contributed by atoms with Crippen LogP contribution in [0.2, 0.25) is 0 Å². The van der Waals surface area contributed by atoms with Gasteiger partial charge in [-0.2, -0.15) is 0 Å². The van der Waals surface area contributed by atoms with Crippen LogP contribution >= 0.6 is 11.8 Å². The van der Waals surface area contributed by atoms with Crippen LogP contribution in [0, 0.1) is 5.41 Å². The zero-order valence-corrected chi connectivity index (χ0v) is 11.0. The van der Waals surface area contributed by atoms with Gasteiger partial charge in [-0.05, 0) is 29.6 Å². The summed E-state index contributed by atoms with van der Waals surface area (Å²) < 4.78 is 0. The second-order valence-electron chi connectivity index (χ2n) is 5.37. The van der Waals surface area contributed by atoms with E-state index in [4.69, 9.17) is 0 Å². The molecule has 18 heavy (non-hydrogen) atoms. The Labute approximate surface area is 110 Å². The summed E-state index contributed by atoms with van der Waals surface area (Å²) in [6.45, 7) is 3.66. The Morgan fingerprint density at radius 2 is 2.28 bits per heavy atom. The summed E-state index contributed by atoms with van der Waals surface area (Å²) in [6.07, 6.45) is 4.87. The quantitative estimate of drug-likeness (QED) is 0.602. The summed E-state index contributed by atoms with van der Waals surface area (Å²) in [5.74, 6) is 0.252. The summed E-state index contributed by atoms with van der Waals surface area (Å²) >= 11 is 1.78. The molecule has 4 aliphatic rings. The zero-order valence-electron chi connectivity index (χ0n) is 10.2. The maximum atomic E-state index is 12.2. The van der Waals surface area contributed by atoms with E-state index in [0.717, 1.165) is 18.7 Å². The third kappa shape index (κ3) is 1.08. The Bertz CT molecular complexity index is 550. The first-order valence-corrected chi connectivity index (χ1v) is 7.09. The van der Waals surface area contributed by atoms with Crippen molar-refractivity contribution in [1.82, 2.24) is 16.2 Å². The molecule has 2 atom stereocenters. The molecule has 0 bridgehead atoms. The van der Waals surface area contributed by atoms with Crippen LogP contribution in [0.25, 0.3) is 0 Å². The van der Waals surface area contributed by atoms with E-state index in [0.29, 0.717) is 6.42 Å². The molecule has 4 nitrogen and oxygen atoms in total. The molecule has 0 radical (unpaired) electrons. The van der Waals surface area contributed by atoms with Gasteiger partial charge in [-0.15, -0.1) is 11.8 Å². The number of hydrogen-bond acceptors (Lipinski definition) is 5. The van der Waals surface area contributed by atoms with E-state index >= 15 is 0 Å². The molecular formula is C13H15N3OS. The largest absolute Gasteiger partial charge is 0.324 e. The highest BCUT2D eigenvalue weighted by atomic mass is 32.2. The molecule has 0 saturated heterocycles. The van der Waals surface area contributed by atoms with E-state index in [1.807, 2.05) is 6.92 Å². The van der Waals surface area contributed by atoms with Gasteiger partial charge in [0.25, 0.3) is 0 Å². The van der Waals surface area contributed by atoms with Crippen molar-refractivity contribution in [2.45, 2.75) is 18.2 Å². The number of carbonyl (C=O) groups is 1. The molecule has 0 fully saturated rings. The van der Waals surface area contributed by atoms with Gasteiger partial charge in [0.2, 0.25) is 0 Å². The zero-order chi connectivity index (χ0) is 12.4. The lowest BCUT2D eigenvalue weighted by atomic mass is 9.66. The highest BCUT2D eigenvalue weighted by Gasteiger charge is 2.60. The number of thioether (sulfide) groups is 1. The smallest absolute Gasteiger partial charge is 0.159 e. The lowest BCUT2D eigenvalue weighted by Gasteiger charge is -2.50. The van der Waals surface area contributed by atoms with Gasteiger partial charge in [0.15, 0.2) is 5.78 Å². The fraction of sp³-hybridized carbons (Fsp3) is 0.462. The molecule has 4 rings (SSSR count). The standard InChI is InChI=1S/C13H15N3OS/c1-8-4-13-12(2-3-18-13,5-10(8)17)11-9(6-14-13)7-15-16-11/h2-4,14-16H,5-7H2,1H3. The van der Waals surface area contributed by atoms with Crippen molar-refractivity contribution in [1.29, 1.82) is 0 Å². The van der Waals surface area contributed by atoms with E-state index in [1.165, 1.54) is 11.3 Å². The first-order chi connectivity index (χ1) is 8.67. The number of Topliss-reactive ketones (excluding diaryl/α,β-unsaturated/α-hetero) is 1. The molecule has 3 N–H and O–H groups in total. The monoisotopic (exact) mass is 261 g/mol. The van der Waals surface area contributed by atoms with Crippen LogP contribution in [0.3, 0.4) is 0 Å². The van der Waals surface area contributed by atoms with Crippen LogP contribution in [0.4, 0.5) is 0 Å². The predicted octanol–water partition coefficient (Wildman–Crippen LogP) is 0.814. The minimum Gasteiger partial charge on any atom is -0.324 e. The van der Waals surface area contributed by atoms with E-state index in [-0.39, 0.29) is 16.1 Å². The molecule has 3 heterocycles. The third-order valence-corrected chi connectivity index (χ3v) is 5.72. The van der Waals surface area contributed by atoms with Crippen LogP contribution in [-0.4, -0.2) is 23.7 Å². The third-order valence-electron chi connectivity index (χ3n) is 4.45. The molecule has 0 aromatic rings. The fourth-order valence-electron chi connectivity index (χ4n) is 3.46. The van der Waals surface area contributed by atoms with Crippen molar-refractivity contribution < 1.29 is 4.79 Å². The second kappa shape index (κ2) is 3.29. The van der Waals surface area contributed by atoms with Gasteiger partial charge < -0.3 is 5.43 Å². The fourth-order valence-corrected chi connectivity index (χ4v) is 4.83. The Morgan fingerprint density at radius 1 is 1.39 bits per heavy atom. The number of hydrogen-bond donors (Lipinski definition) is 3. The van der Waals surface area contributed by atoms with Crippen LogP contribution in [-0.2, 0) is 4.79 Å². The average Bonchev–Trinajstić information content (AvgIpc) is 2.92. The number of carbonyl (C=O) groups excluding carboxylic acids is 1. The summed E-state index contributed by atoms with van der Waals surface area (Å²) in [7, 11) is 0. The van der Waals surface area contributed by atoms with Crippen LogP contribution < -0.4 is 16.2 Å². The van der Waals surface area contributed by atoms with Gasteiger partial charge in [0.1, 0.15) is 4.87 Å². The van der Waals surface area contributed by atoms with Gasteiger partial charge in [-0.1, -0.05) is 6.08 Å². The van der Waals surface area contributed by atoms with Crippen molar-refractivity contribution >= 4 is 17.5 Å². The van der Waals surface area contributed by atoms with Gasteiger partial charge in [0, 0.05) is 25.2 Å². The van der Waals surface area contributed by atoms with E-state index in [2.05, 4.69) is 33.7 Å². The SMILES string of the molecule is CC1=CC23NCC4=C(NNC4)C2(C=CS3)CC1=O. The number of nitrogens with one attached hydrogen (secondary N) is 3. The molecule has 3 aliphatic heterocycles. The van der Waals surface area contributed by atoms with Crippen LogP contribution in [0.1, 0.15) is 13.3 Å². The molecule has 0 aromatic carbocycles. The van der Waals surface area contributed by atoms with Crippen molar-refractivity contribution in [2.75, 3.05) is 13.1 Å². The van der Waals surface area contributed by atoms with Crippen LogP contribution in [0.5, 0.6) is 0 Å². The highest BCUT2D eigenvalue weighted by molar-refractivity contribution is 8.03. The Morgan fingerprint density at radius 3 is 3.17 bits per heavy atom. The number of rotatable bonds is 0. The molecular weight excluding hydrogens is 246 g/mol. The van der Waals surface area contributed by atoms with Gasteiger partial charge in [0.05, 0.1) is 5.41 Å². The number of allylic oxidation sites excluding steroid dienone is 1. The maximum absolute atomic E-state index is 12.2. The number of hydrazine groups is 1. The Hall–Kier alpha value is -1.04. The summed E-state index contributed by atoms with van der Waals surface area (Å²) in [4.78, 5) is 12.0. The van der Waals surface area contributed by atoms with Crippen molar-refractivity contribution in [3.8, 4) is 0 Å². The minimum atomic E-state index is -0.231. The molecule has 0 aromatic heterocycles. The predicted molar refractivity (Wildman–Crippen MR) is 71.4 cm³/mol. The van der Waals surface area contributed by atoms with Gasteiger partial charge in [-0.3, -0.25) is 10.1 Å². The lowest BCUT2D eigenvalue weighted by Crippen LogP contribution is -2.60. The minimum absolute atomic E-state index is 0.178. The molecule has 0 amide bonds. The molecule has 1 aliphatic carbocycles. The molecule has 5 heteroatoms. The molecule has 2 unspecified atom stereocenters. The first-order valence-electron chi connectivity index (χ1n) is 6.21.